The van der Waals surface area contributed by atoms with E-state index in [0.717, 1.165) is 11.8 Å². The van der Waals surface area contributed by atoms with Crippen LogP contribution in [0.3, 0.4) is 0 Å². The van der Waals surface area contributed by atoms with Gasteiger partial charge in [0.2, 0.25) is 0 Å². The molecule has 84 valence electrons. The van der Waals surface area contributed by atoms with Crippen LogP contribution in [0.25, 0.3) is 0 Å². The minimum atomic E-state index is -3.19. The van der Waals surface area contributed by atoms with Gasteiger partial charge in [-0.3, -0.25) is 0 Å². The van der Waals surface area contributed by atoms with Crippen LogP contribution in [0.2, 0.25) is 0 Å². The molecule has 0 spiro atoms. The third-order valence-electron chi connectivity index (χ3n) is 2.15. The fraction of sp³-hybridized carbons (Fsp3) is 0.400. The van der Waals surface area contributed by atoms with E-state index in [4.69, 9.17) is 10.8 Å². The topological polar surface area (TPSA) is 80.4 Å². The zero-order valence-electron chi connectivity index (χ0n) is 8.55. The van der Waals surface area contributed by atoms with Crippen LogP contribution in [0.4, 0.5) is 0 Å². The number of sulfone groups is 1. The summed E-state index contributed by atoms with van der Waals surface area (Å²) in [6.07, 6.45) is 1.58. The zero-order valence-corrected chi connectivity index (χ0v) is 9.37. The van der Waals surface area contributed by atoms with E-state index in [2.05, 4.69) is 0 Å². The number of hydrogen-bond acceptors (Lipinski definition) is 4. The number of aliphatic hydroxyl groups is 1. The molecule has 0 aliphatic rings. The molecule has 0 bridgehead atoms. The molecule has 0 aromatic heterocycles. The minimum absolute atomic E-state index is 0.00965. The Hall–Kier alpha value is -0.910. The lowest BCUT2D eigenvalue weighted by Gasteiger charge is -2.11. The fourth-order valence-corrected chi connectivity index (χ4v) is 1.96. The summed E-state index contributed by atoms with van der Waals surface area (Å²) < 4.78 is 22.6. The molecule has 15 heavy (non-hydrogen) atoms. The van der Waals surface area contributed by atoms with Crippen LogP contribution < -0.4 is 5.73 Å². The second kappa shape index (κ2) is 4.74. The second-order valence-corrected chi connectivity index (χ2v) is 5.48. The van der Waals surface area contributed by atoms with Crippen molar-refractivity contribution >= 4 is 9.84 Å². The fourth-order valence-electron chi connectivity index (χ4n) is 1.28. The molecule has 4 nitrogen and oxygen atoms in total. The average molecular weight is 229 g/mol. The Labute approximate surface area is 89.7 Å². The SMILES string of the molecule is CS(=O)(=O)c1cccc(C(N)CCO)c1. The molecule has 0 fully saturated rings. The Bertz CT molecular complexity index is 428. The summed E-state index contributed by atoms with van der Waals surface area (Å²) in [6.45, 7) is -0.00965. The molecule has 0 aliphatic carbocycles. The van der Waals surface area contributed by atoms with Crippen LogP contribution in [0.15, 0.2) is 29.2 Å². The number of rotatable bonds is 4. The Morgan fingerprint density at radius 1 is 1.47 bits per heavy atom. The van der Waals surface area contributed by atoms with E-state index in [-0.39, 0.29) is 17.5 Å². The second-order valence-electron chi connectivity index (χ2n) is 3.46. The molecular weight excluding hydrogens is 214 g/mol. The lowest BCUT2D eigenvalue weighted by molar-refractivity contribution is 0.276. The van der Waals surface area contributed by atoms with Crippen LogP contribution in [-0.2, 0) is 9.84 Å². The van der Waals surface area contributed by atoms with E-state index in [1.807, 2.05) is 0 Å². The van der Waals surface area contributed by atoms with Gasteiger partial charge in [0.15, 0.2) is 9.84 Å². The molecule has 1 unspecified atom stereocenters. The summed E-state index contributed by atoms with van der Waals surface area (Å²) >= 11 is 0. The van der Waals surface area contributed by atoms with Crippen molar-refractivity contribution < 1.29 is 13.5 Å². The molecule has 1 atom stereocenters. The quantitative estimate of drug-likeness (QED) is 0.786. The first kappa shape index (κ1) is 12.2. The average Bonchev–Trinajstić information content (AvgIpc) is 2.17. The number of benzene rings is 1. The van der Waals surface area contributed by atoms with E-state index in [1.54, 1.807) is 18.2 Å². The van der Waals surface area contributed by atoms with E-state index in [0.29, 0.717) is 6.42 Å². The first-order chi connectivity index (χ1) is 6.95. The van der Waals surface area contributed by atoms with E-state index in [9.17, 15) is 8.42 Å². The Morgan fingerprint density at radius 3 is 2.67 bits per heavy atom. The van der Waals surface area contributed by atoms with Gasteiger partial charge in [0.1, 0.15) is 0 Å². The number of hydrogen-bond donors (Lipinski definition) is 2. The van der Waals surface area contributed by atoms with Gasteiger partial charge in [-0.1, -0.05) is 12.1 Å². The van der Waals surface area contributed by atoms with Crippen molar-refractivity contribution in [2.75, 3.05) is 12.9 Å². The molecule has 3 N–H and O–H groups in total. The molecule has 0 saturated heterocycles. The van der Waals surface area contributed by atoms with Crippen LogP contribution in [0.1, 0.15) is 18.0 Å². The van der Waals surface area contributed by atoms with Gasteiger partial charge in [-0.25, -0.2) is 8.42 Å². The summed E-state index contributed by atoms with van der Waals surface area (Å²) in [5.74, 6) is 0. The lowest BCUT2D eigenvalue weighted by Crippen LogP contribution is -2.12. The minimum Gasteiger partial charge on any atom is -0.396 e. The molecule has 0 heterocycles. The van der Waals surface area contributed by atoms with Crippen molar-refractivity contribution in [2.45, 2.75) is 17.4 Å². The predicted octanol–water partition coefficient (Wildman–Crippen LogP) is 0.472. The van der Waals surface area contributed by atoms with Gasteiger partial charge in [0.25, 0.3) is 0 Å². The molecule has 0 radical (unpaired) electrons. The molecule has 0 aliphatic heterocycles. The summed E-state index contributed by atoms with van der Waals surface area (Å²) in [7, 11) is -3.19. The summed E-state index contributed by atoms with van der Waals surface area (Å²) in [5, 5.41) is 8.73. The van der Waals surface area contributed by atoms with Gasteiger partial charge >= 0.3 is 0 Å². The van der Waals surface area contributed by atoms with Crippen LogP contribution in [0.5, 0.6) is 0 Å². The van der Waals surface area contributed by atoms with Crippen molar-refractivity contribution in [2.24, 2.45) is 5.73 Å². The lowest BCUT2D eigenvalue weighted by atomic mass is 10.1. The van der Waals surface area contributed by atoms with Gasteiger partial charge in [-0.2, -0.15) is 0 Å². The monoisotopic (exact) mass is 229 g/mol. The third kappa shape index (κ3) is 3.30. The Balaban J connectivity index is 3.03. The third-order valence-corrected chi connectivity index (χ3v) is 3.26. The first-order valence-electron chi connectivity index (χ1n) is 4.61. The summed E-state index contributed by atoms with van der Waals surface area (Å²) in [5.41, 5.74) is 6.49. The Kier molecular flexibility index (Phi) is 3.84. The van der Waals surface area contributed by atoms with E-state index < -0.39 is 9.84 Å². The molecule has 0 saturated carbocycles. The van der Waals surface area contributed by atoms with E-state index >= 15 is 0 Å². The van der Waals surface area contributed by atoms with Crippen molar-refractivity contribution in [3.63, 3.8) is 0 Å². The standard InChI is InChI=1S/C10H15NO3S/c1-15(13,14)9-4-2-3-8(7-9)10(11)5-6-12/h2-4,7,10,12H,5-6,11H2,1H3. The van der Waals surface area contributed by atoms with Gasteiger partial charge < -0.3 is 10.8 Å². The summed E-state index contributed by atoms with van der Waals surface area (Å²) in [6, 6.07) is 6.18. The maximum absolute atomic E-state index is 11.3. The van der Waals surface area contributed by atoms with Crippen LogP contribution >= 0.6 is 0 Å². The zero-order chi connectivity index (χ0) is 11.5. The maximum atomic E-state index is 11.3. The maximum Gasteiger partial charge on any atom is 0.175 e. The highest BCUT2D eigenvalue weighted by Crippen LogP contribution is 2.17. The highest BCUT2D eigenvalue weighted by Gasteiger charge is 2.10. The van der Waals surface area contributed by atoms with Crippen molar-refractivity contribution in [1.82, 2.24) is 0 Å². The predicted molar refractivity (Wildman–Crippen MR) is 58.2 cm³/mol. The molecular formula is C10H15NO3S. The molecule has 1 rings (SSSR count). The van der Waals surface area contributed by atoms with Gasteiger partial charge in [0.05, 0.1) is 4.90 Å². The van der Waals surface area contributed by atoms with Crippen molar-refractivity contribution in [3.8, 4) is 0 Å². The molecule has 0 amide bonds. The highest BCUT2D eigenvalue weighted by atomic mass is 32.2. The van der Waals surface area contributed by atoms with Gasteiger partial charge in [0, 0.05) is 18.9 Å². The summed E-state index contributed by atoms with van der Waals surface area (Å²) in [4.78, 5) is 0.258. The molecule has 1 aromatic carbocycles. The number of aliphatic hydroxyl groups excluding tert-OH is 1. The normalized spacial score (nSPS) is 13.8. The highest BCUT2D eigenvalue weighted by molar-refractivity contribution is 7.90. The first-order valence-corrected chi connectivity index (χ1v) is 6.50. The van der Waals surface area contributed by atoms with Gasteiger partial charge in [-0.05, 0) is 24.1 Å². The van der Waals surface area contributed by atoms with Gasteiger partial charge in [-0.15, -0.1) is 0 Å². The van der Waals surface area contributed by atoms with Crippen LogP contribution in [0, 0.1) is 0 Å². The van der Waals surface area contributed by atoms with Crippen molar-refractivity contribution in [1.29, 1.82) is 0 Å². The van der Waals surface area contributed by atoms with Crippen LogP contribution in [-0.4, -0.2) is 26.4 Å². The largest absolute Gasteiger partial charge is 0.396 e. The smallest absolute Gasteiger partial charge is 0.175 e. The molecule has 5 heteroatoms. The van der Waals surface area contributed by atoms with E-state index in [1.165, 1.54) is 6.07 Å². The van der Waals surface area contributed by atoms with Crippen molar-refractivity contribution in [3.05, 3.63) is 29.8 Å². The molecule has 1 aromatic rings. The Morgan fingerprint density at radius 2 is 2.13 bits per heavy atom. The number of nitrogens with two attached hydrogens (primary N) is 1.